The molecule has 1 aliphatic rings. The highest BCUT2D eigenvalue weighted by atomic mass is 15.0. The maximum atomic E-state index is 5.03. The molecule has 0 saturated carbocycles. The zero-order valence-corrected chi connectivity index (χ0v) is 24.7. The highest BCUT2D eigenvalue weighted by molar-refractivity contribution is 6.18. The molecule has 0 fully saturated rings. The number of fused-ring (bicyclic) bond motifs is 3. The van der Waals surface area contributed by atoms with E-state index in [1.165, 1.54) is 56.8 Å². The first-order chi connectivity index (χ1) is 22.8. The van der Waals surface area contributed by atoms with Crippen molar-refractivity contribution in [2.24, 2.45) is 0 Å². The van der Waals surface area contributed by atoms with Crippen LogP contribution in [0.3, 0.4) is 0 Å². The molecule has 1 aliphatic carbocycles. The summed E-state index contributed by atoms with van der Waals surface area (Å²) in [6, 6.07) is 48.9. The molecule has 0 aliphatic heterocycles. The summed E-state index contributed by atoms with van der Waals surface area (Å²) >= 11 is 0. The third kappa shape index (κ3) is 4.37. The minimum absolute atomic E-state index is 0.639. The van der Waals surface area contributed by atoms with E-state index in [4.69, 9.17) is 9.97 Å². The Labute approximate surface area is 266 Å². The lowest BCUT2D eigenvalue weighted by Gasteiger charge is -2.12. The number of benzene rings is 6. The molecule has 0 amide bonds. The van der Waals surface area contributed by atoms with Gasteiger partial charge in [0.15, 0.2) is 11.6 Å². The van der Waals surface area contributed by atoms with Crippen LogP contribution in [0.1, 0.15) is 0 Å². The summed E-state index contributed by atoms with van der Waals surface area (Å²) in [6.45, 7) is 0. The first-order valence-corrected chi connectivity index (χ1v) is 15.2. The molecule has 6 aromatic carbocycles. The van der Waals surface area contributed by atoms with Crippen LogP contribution in [0.2, 0.25) is 0 Å². The van der Waals surface area contributed by atoms with E-state index >= 15 is 0 Å². The van der Waals surface area contributed by atoms with Gasteiger partial charge in [0.2, 0.25) is 0 Å². The monoisotopic (exact) mass is 587 g/mol. The average molecular weight is 588 g/mol. The molecule has 0 atom stereocenters. The van der Waals surface area contributed by atoms with E-state index in [0.717, 1.165) is 33.6 Å². The topological polar surface area (TPSA) is 64.5 Å². The number of nitrogens with zero attached hydrogens (tertiary/aromatic N) is 5. The van der Waals surface area contributed by atoms with E-state index < -0.39 is 0 Å². The van der Waals surface area contributed by atoms with Gasteiger partial charge in [-0.3, -0.25) is 0 Å². The molecule has 0 radical (unpaired) electrons. The van der Waals surface area contributed by atoms with Gasteiger partial charge in [-0.25, -0.2) is 24.9 Å². The first-order valence-electron chi connectivity index (χ1n) is 15.2. The Kier molecular flexibility index (Phi) is 6.06. The molecule has 46 heavy (non-hydrogen) atoms. The lowest BCUT2D eigenvalue weighted by atomic mass is 9.93. The highest BCUT2D eigenvalue weighted by Crippen LogP contribution is 2.49. The van der Waals surface area contributed by atoms with Gasteiger partial charge in [-0.15, -0.1) is 0 Å². The SMILES string of the molecule is c1ccc(-c2nc(-c3ccc(-c4ncncn4)cc3)cc(-c3ccc(-c4ccc5c6c(cccc46)-c4ccccc4-5)cc3)n2)cc1. The maximum absolute atomic E-state index is 5.03. The van der Waals surface area contributed by atoms with Crippen molar-refractivity contribution in [2.45, 2.75) is 0 Å². The van der Waals surface area contributed by atoms with Gasteiger partial charge in [0.1, 0.15) is 12.7 Å². The van der Waals surface area contributed by atoms with E-state index in [1.807, 2.05) is 42.5 Å². The Morgan fingerprint density at radius 2 is 0.870 bits per heavy atom. The number of rotatable bonds is 5. The number of hydrogen-bond donors (Lipinski definition) is 0. The Morgan fingerprint density at radius 1 is 0.348 bits per heavy atom. The van der Waals surface area contributed by atoms with Gasteiger partial charge in [0, 0.05) is 22.3 Å². The van der Waals surface area contributed by atoms with Crippen LogP contribution in [-0.2, 0) is 0 Å². The molecule has 0 bridgehead atoms. The van der Waals surface area contributed by atoms with Gasteiger partial charge in [-0.2, -0.15) is 0 Å². The van der Waals surface area contributed by atoms with Crippen molar-refractivity contribution >= 4 is 10.8 Å². The van der Waals surface area contributed by atoms with E-state index in [0.29, 0.717) is 11.6 Å². The van der Waals surface area contributed by atoms with E-state index in [2.05, 4.69) is 112 Å². The fourth-order valence-electron chi connectivity index (χ4n) is 6.52. The van der Waals surface area contributed by atoms with Crippen LogP contribution in [-0.4, -0.2) is 24.9 Å². The molecule has 0 spiro atoms. The van der Waals surface area contributed by atoms with Crippen molar-refractivity contribution in [2.75, 3.05) is 0 Å². The summed E-state index contributed by atoms with van der Waals surface area (Å²) in [7, 11) is 0. The predicted octanol–water partition coefficient (Wildman–Crippen LogP) is 9.80. The molecule has 5 nitrogen and oxygen atoms in total. The Hall–Kier alpha value is -6.33. The van der Waals surface area contributed by atoms with Crippen molar-refractivity contribution in [1.29, 1.82) is 0 Å². The standard InChI is InChI=1S/C41H25N5/c1-2-7-29(8-3-1)41-45-37(23-38(46-41)28-17-19-30(20-18-28)40-43-24-42-25-44-40)27-15-13-26(14-16-27)31-21-22-36-33-10-5-4-9-32(33)35-12-6-11-34(31)39(35)36/h1-25H. The number of aromatic nitrogens is 5. The summed E-state index contributed by atoms with van der Waals surface area (Å²) in [4.78, 5) is 22.5. The molecule has 2 heterocycles. The molecular weight excluding hydrogens is 562 g/mol. The second-order valence-electron chi connectivity index (χ2n) is 11.4. The Morgan fingerprint density at radius 3 is 1.54 bits per heavy atom. The van der Waals surface area contributed by atoms with Crippen LogP contribution in [0.5, 0.6) is 0 Å². The lowest BCUT2D eigenvalue weighted by Crippen LogP contribution is -1.96. The summed E-state index contributed by atoms with van der Waals surface area (Å²) in [6.07, 6.45) is 3.02. The van der Waals surface area contributed by atoms with E-state index in [9.17, 15) is 0 Å². The third-order valence-electron chi connectivity index (χ3n) is 8.73. The van der Waals surface area contributed by atoms with Gasteiger partial charge in [-0.1, -0.05) is 133 Å². The van der Waals surface area contributed by atoms with E-state index in [1.54, 1.807) is 0 Å². The van der Waals surface area contributed by atoms with Crippen LogP contribution in [0.4, 0.5) is 0 Å². The normalized spacial score (nSPS) is 11.5. The molecule has 0 unspecified atom stereocenters. The van der Waals surface area contributed by atoms with Gasteiger partial charge in [-0.05, 0) is 50.2 Å². The van der Waals surface area contributed by atoms with Crippen molar-refractivity contribution < 1.29 is 0 Å². The molecule has 214 valence electrons. The quantitative estimate of drug-likeness (QED) is 0.201. The summed E-state index contributed by atoms with van der Waals surface area (Å²) in [5.41, 5.74) is 13.3. The molecule has 9 rings (SSSR count). The minimum Gasteiger partial charge on any atom is -0.228 e. The highest BCUT2D eigenvalue weighted by Gasteiger charge is 2.22. The Bertz CT molecular complexity index is 2360. The zero-order chi connectivity index (χ0) is 30.5. The minimum atomic E-state index is 0.639. The van der Waals surface area contributed by atoms with Gasteiger partial charge >= 0.3 is 0 Å². The first kappa shape index (κ1) is 26.1. The largest absolute Gasteiger partial charge is 0.228 e. The second-order valence-corrected chi connectivity index (χ2v) is 11.4. The maximum Gasteiger partial charge on any atom is 0.162 e. The molecule has 0 N–H and O–H groups in total. The number of hydrogen-bond acceptors (Lipinski definition) is 5. The fraction of sp³-hybridized carbons (Fsp3) is 0. The van der Waals surface area contributed by atoms with Gasteiger partial charge < -0.3 is 0 Å². The van der Waals surface area contributed by atoms with Crippen LogP contribution in [0.15, 0.2) is 152 Å². The molecular formula is C41H25N5. The average Bonchev–Trinajstić information content (AvgIpc) is 3.47. The summed E-state index contributed by atoms with van der Waals surface area (Å²) in [5, 5.41) is 2.61. The molecule has 8 aromatic rings. The molecule has 2 aromatic heterocycles. The predicted molar refractivity (Wildman–Crippen MR) is 185 cm³/mol. The fourth-order valence-corrected chi connectivity index (χ4v) is 6.52. The van der Waals surface area contributed by atoms with Crippen LogP contribution < -0.4 is 0 Å². The van der Waals surface area contributed by atoms with Crippen LogP contribution in [0.25, 0.3) is 89.4 Å². The molecule has 0 saturated heterocycles. The van der Waals surface area contributed by atoms with Crippen LogP contribution in [0, 0.1) is 0 Å². The van der Waals surface area contributed by atoms with Crippen molar-refractivity contribution in [1.82, 2.24) is 24.9 Å². The van der Waals surface area contributed by atoms with Crippen molar-refractivity contribution in [3.63, 3.8) is 0 Å². The molecule has 5 heteroatoms. The van der Waals surface area contributed by atoms with Crippen molar-refractivity contribution in [3.8, 4) is 78.7 Å². The smallest absolute Gasteiger partial charge is 0.162 e. The van der Waals surface area contributed by atoms with E-state index in [-0.39, 0.29) is 0 Å². The zero-order valence-electron chi connectivity index (χ0n) is 24.7. The van der Waals surface area contributed by atoms with Crippen LogP contribution >= 0.6 is 0 Å². The summed E-state index contributed by atoms with van der Waals surface area (Å²) in [5.74, 6) is 1.32. The second kappa shape index (κ2) is 10.7. The van der Waals surface area contributed by atoms with Gasteiger partial charge in [0.05, 0.1) is 11.4 Å². The lowest BCUT2D eigenvalue weighted by molar-refractivity contribution is 1.06. The Balaban J connectivity index is 1.11. The van der Waals surface area contributed by atoms with Gasteiger partial charge in [0.25, 0.3) is 0 Å². The summed E-state index contributed by atoms with van der Waals surface area (Å²) < 4.78 is 0. The third-order valence-corrected chi connectivity index (χ3v) is 8.73. The van der Waals surface area contributed by atoms with Crippen molar-refractivity contribution in [3.05, 3.63) is 152 Å².